The summed E-state index contributed by atoms with van der Waals surface area (Å²) in [5, 5.41) is 22.0. The first-order valence-corrected chi connectivity index (χ1v) is 9.78. The fourth-order valence-corrected chi connectivity index (χ4v) is 3.41. The summed E-state index contributed by atoms with van der Waals surface area (Å²) in [6, 6.07) is 4.02. The summed E-state index contributed by atoms with van der Waals surface area (Å²) in [6.07, 6.45) is 0. The van der Waals surface area contributed by atoms with E-state index < -0.39 is 64.0 Å². The number of aliphatic hydroxyl groups is 1. The van der Waals surface area contributed by atoms with E-state index in [9.17, 15) is 46.8 Å². The molecule has 1 aliphatic rings. The normalized spacial score (nSPS) is 14.6. The maximum Gasteiger partial charge on any atom is 0.269 e. The number of hydrogen-bond donors (Lipinski definition) is 2. The van der Waals surface area contributed by atoms with Crippen LogP contribution in [0, 0.1) is 39.2 Å². The highest BCUT2D eigenvalue weighted by molar-refractivity contribution is 5.98. The molecule has 1 heterocycles. The van der Waals surface area contributed by atoms with E-state index in [1.54, 1.807) is 5.32 Å². The van der Waals surface area contributed by atoms with Crippen molar-refractivity contribution in [3.8, 4) is 0 Å². The third-order valence-corrected chi connectivity index (χ3v) is 5.24. The van der Waals surface area contributed by atoms with Gasteiger partial charge < -0.3 is 20.2 Å². The standard InChI is InChI=1S/C20H17F5N4O5/c21-14-13(15(22)17(24)18(25)16(14)23)19(31)26-12(9-30)20(32)28-7-5-27(6-8-28)10-1-3-11(4-2-10)29(33)34/h1-4,12,30H,5-9H2,(H,26,31)/t12-/m0/s1. The Balaban J connectivity index is 1.67. The van der Waals surface area contributed by atoms with Crippen molar-refractivity contribution in [1.82, 2.24) is 10.2 Å². The van der Waals surface area contributed by atoms with Crippen LogP contribution in [0.3, 0.4) is 0 Å². The van der Waals surface area contributed by atoms with Crippen molar-refractivity contribution in [3.05, 3.63) is 69.0 Å². The molecule has 34 heavy (non-hydrogen) atoms. The number of nitro groups is 1. The molecule has 9 nitrogen and oxygen atoms in total. The van der Waals surface area contributed by atoms with Gasteiger partial charge in [-0.1, -0.05) is 0 Å². The topological polar surface area (TPSA) is 116 Å². The van der Waals surface area contributed by atoms with E-state index >= 15 is 0 Å². The number of amides is 2. The Kier molecular flexibility index (Phi) is 7.29. The Morgan fingerprint density at radius 3 is 1.91 bits per heavy atom. The summed E-state index contributed by atoms with van der Waals surface area (Å²) < 4.78 is 67.6. The molecule has 2 N–H and O–H groups in total. The van der Waals surface area contributed by atoms with Gasteiger partial charge >= 0.3 is 0 Å². The average molecular weight is 488 g/mol. The van der Waals surface area contributed by atoms with Gasteiger partial charge in [0, 0.05) is 44.0 Å². The SMILES string of the molecule is O=C(N[C@@H](CO)C(=O)N1CCN(c2ccc([N+](=O)[O-])cc2)CC1)c1c(F)c(F)c(F)c(F)c1F. The number of aliphatic hydroxyl groups excluding tert-OH is 1. The van der Waals surface area contributed by atoms with Crippen LogP contribution in [-0.2, 0) is 4.79 Å². The van der Waals surface area contributed by atoms with E-state index in [0.29, 0.717) is 5.69 Å². The van der Waals surface area contributed by atoms with Gasteiger partial charge in [0.15, 0.2) is 23.3 Å². The highest BCUT2D eigenvalue weighted by Gasteiger charge is 2.33. The fourth-order valence-electron chi connectivity index (χ4n) is 3.41. The minimum atomic E-state index is -2.44. The second-order valence-electron chi connectivity index (χ2n) is 7.24. The predicted molar refractivity (Wildman–Crippen MR) is 106 cm³/mol. The van der Waals surface area contributed by atoms with E-state index in [1.165, 1.54) is 29.2 Å². The molecule has 0 saturated carbocycles. The number of halogens is 5. The maximum absolute atomic E-state index is 13.9. The molecule has 0 unspecified atom stereocenters. The molecule has 2 amide bonds. The highest BCUT2D eigenvalue weighted by Crippen LogP contribution is 2.24. The molecule has 2 aromatic carbocycles. The van der Waals surface area contributed by atoms with Crippen molar-refractivity contribution in [2.45, 2.75) is 6.04 Å². The molecule has 1 aliphatic heterocycles. The van der Waals surface area contributed by atoms with Crippen LogP contribution in [-0.4, -0.2) is 65.6 Å². The molecule has 0 radical (unpaired) electrons. The zero-order valence-corrected chi connectivity index (χ0v) is 17.2. The van der Waals surface area contributed by atoms with Gasteiger partial charge in [-0.3, -0.25) is 19.7 Å². The van der Waals surface area contributed by atoms with Crippen LogP contribution in [0.1, 0.15) is 10.4 Å². The molecule has 0 bridgehead atoms. The molecule has 0 aromatic heterocycles. The van der Waals surface area contributed by atoms with Gasteiger partial charge in [-0.15, -0.1) is 0 Å². The van der Waals surface area contributed by atoms with E-state index in [2.05, 4.69) is 0 Å². The zero-order chi connectivity index (χ0) is 25.2. The molecule has 14 heteroatoms. The molecule has 182 valence electrons. The van der Waals surface area contributed by atoms with Gasteiger partial charge in [0.2, 0.25) is 11.7 Å². The lowest BCUT2D eigenvalue weighted by atomic mass is 10.1. The van der Waals surface area contributed by atoms with Crippen molar-refractivity contribution in [2.24, 2.45) is 0 Å². The number of anilines is 1. The molecular formula is C20H17F5N4O5. The second kappa shape index (κ2) is 9.99. The van der Waals surface area contributed by atoms with Crippen molar-refractivity contribution < 1.29 is 41.6 Å². The lowest BCUT2D eigenvalue weighted by Crippen LogP contribution is -2.56. The van der Waals surface area contributed by atoms with Crippen LogP contribution in [0.2, 0.25) is 0 Å². The predicted octanol–water partition coefficient (Wildman–Crippen LogP) is 1.73. The summed E-state index contributed by atoms with van der Waals surface area (Å²) in [6.45, 7) is -0.224. The third kappa shape index (κ3) is 4.76. The van der Waals surface area contributed by atoms with Crippen molar-refractivity contribution in [1.29, 1.82) is 0 Å². The third-order valence-electron chi connectivity index (χ3n) is 5.24. The van der Waals surface area contributed by atoms with Gasteiger partial charge in [-0.2, -0.15) is 0 Å². The average Bonchev–Trinajstić information content (AvgIpc) is 2.84. The largest absolute Gasteiger partial charge is 0.394 e. The highest BCUT2D eigenvalue weighted by atomic mass is 19.2. The number of carbonyl (C=O) groups excluding carboxylic acids is 2. The van der Waals surface area contributed by atoms with Gasteiger partial charge in [0.1, 0.15) is 11.6 Å². The lowest BCUT2D eigenvalue weighted by molar-refractivity contribution is -0.384. The monoisotopic (exact) mass is 488 g/mol. The van der Waals surface area contributed by atoms with Crippen LogP contribution >= 0.6 is 0 Å². The first-order chi connectivity index (χ1) is 16.1. The van der Waals surface area contributed by atoms with Crippen LogP contribution in [0.15, 0.2) is 24.3 Å². The van der Waals surface area contributed by atoms with Gasteiger partial charge in [-0.05, 0) is 12.1 Å². The number of nitrogens with zero attached hydrogens (tertiary/aromatic N) is 3. The maximum atomic E-state index is 13.9. The molecular weight excluding hydrogens is 471 g/mol. The van der Waals surface area contributed by atoms with Gasteiger partial charge in [0.05, 0.1) is 11.5 Å². The Morgan fingerprint density at radius 2 is 1.44 bits per heavy atom. The molecule has 3 rings (SSSR count). The number of piperazine rings is 1. The van der Waals surface area contributed by atoms with Gasteiger partial charge in [0.25, 0.3) is 11.6 Å². The first kappa shape index (κ1) is 24.8. The van der Waals surface area contributed by atoms with E-state index in [4.69, 9.17) is 0 Å². The van der Waals surface area contributed by atoms with Crippen LogP contribution in [0.5, 0.6) is 0 Å². The molecule has 2 aromatic rings. The minimum absolute atomic E-state index is 0.0899. The van der Waals surface area contributed by atoms with Crippen LogP contribution < -0.4 is 10.2 Å². The molecule has 1 fully saturated rings. The van der Waals surface area contributed by atoms with Crippen LogP contribution in [0.25, 0.3) is 0 Å². The van der Waals surface area contributed by atoms with Crippen molar-refractivity contribution >= 4 is 23.2 Å². The van der Waals surface area contributed by atoms with E-state index in [-0.39, 0.29) is 31.9 Å². The first-order valence-electron chi connectivity index (χ1n) is 9.78. The Bertz CT molecular complexity index is 1090. The second-order valence-corrected chi connectivity index (χ2v) is 7.24. The van der Waals surface area contributed by atoms with Crippen molar-refractivity contribution in [3.63, 3.8) is 0 Å². The van der Waals surface area contributed by atoms with Crippen LogP contribution in [0.4, 0.5) is 33.3 Å². The molecule has 1 atom stereocenters. The summed E-state index contributed by atoms with van der Waals surface area (Å²) in [4.78, 5) is 38.1. The molecule has 0 aliphatic carbocycles. The summed E-state index contributed by atoms with van der Waals surface area (Å²) in [5.41, 5.74) is -1.20. The van der Waals surface area contributed by atoms with Gasteiger partial charge in [-0.25, -0.2) is 22.0 Å². The number of benzene rings is 2. The Labute approximate surface area is 188 Å². The summed E-state index contributed by atoms with van der Waals surface area (Å²) >= 11 is 0. The number of carbonyl (C=O) groups is 2. The quantitative estimate of drug-likeness (QED) is 0.210. The summed E-state index contributed by atoms with van der Waals surface area (Å²) in [5.74, 6) is -14.4. The minimum Gasteiger partial charge on any atom is -0.394 e. The Hall–Kier alpha value is -3.81. The zero-order valence-electron chi connectivity index (χ0n) is 17.2. The smallest absolute Gasteiger partial charge is 0.269 e. The summed E-state index contributed by atoms with van der Waals surface area (Å²) in [7, 11) is 0. The van der Waals surface area contributed by atoms with E-state index in [1.807, 2.05) is 4.90 Å². The van der Waals surface area contributed by atoms with Crippen molar-refractivity contribution in [2.75, 3.05) is 37.7 Å². The number of rotatable bonds is 6. The molecule has 1 saturated heterocycles. The lowest BCUT2D eigenvalue weighted by Gasteiger charge is -2.37. The molecule has 0 spiro atoms. The Morgan fingerprint density at radius 1 is 0.941 bits per heavy atom. The van der Waals surface area contributed by atoms with E-state index in [0.717, 1.165) is 0 Å². The number of hydrogen-bond acceptors (Lipinski definition) is 6. The number of nitrogens with one attached hydrogen (secondary N) is 1. The number of non-ortho nitro benzene ring substituents is 1. The fraction of sp³-hybridized carbons (Fsp3) is 0.300. The number of nitro benzene ring substituents is 1.